The van der Waals surface area contributed by atoms with Gasteiger partial charge in [-0.3, -0.25) is 0 Å². The Balaban J connectivity index is 1.57. The van der Waals surface area contributed by atoms with Gasteiger partial charge in [0, 0.05) is 38.4 Å². The second kappa shape index (κ2) is 10.0. The van der Waals surface area contributed by atoms with Gasteiger partial charge in [-0.25, -0.2) is 23.9 Å². The monoisotopic (exact) mass is 459 g/mol. The Kier molecular flexibility index (Phi) is 7.35. The summed E-state index contributed by atoms with van der Waals surface area (Å²) in [5.74, 6) is -0.571. The molecule has 0 unspecified atom stereocenters. The third kappa shape index (κ3) is 6.77. The molecule has 1 aromatic heterocycles. The Bertz CT molecular complexity index is 1000. The molecule has 0 atom stereocenters. The van der Waals surface area contributed by atoms with E-state index in [9.17, 15) is 14.0 Å². The molecule has 3 rings (SSSR count). The Labute approximate surface area is 192 Å². The molecule has 1 aromatic carbocycles. The quantitative estimate of drug-likeness (QED) is 0.664. The van der Waals surface area contributed by atoms with Crippen molar-refractivity contribution in [3.8, 4) is 0 Å². The molecule has 0 aliphatic carbocycles. The molecule has 1 aliphatic heterocycles. The number of carboxylic acids is 1. The van der Waals surface area contributed by atoms with E-state index in [1.54, 1.807) is 11.0 Å². The standard InChI is InChI=1S/C23H30FN5O4/c1-23(2,3)33-22(32)29-9-7-15(8-10-29)13-28(4)20-12-19(25-14-26-20)27-16-5-6-18(24)17(11-16)21(30)31/h5-6,11-12,14-15H,7-10,13H2,1-4H3,(H,30,31)(H,25,26,27). The lowest BCUT2D eigenvalue weighted by Gasteiger charge is -2.35. The number of benzene rings is 1. The van der Waals surface area contributed by atoms with E-state index in [4.69, 9.17) is 9.84 Å². The van der Waals surface area contributed by atoms with Crippen molar-refractivity contribution in [3.63, 3.8) is 0 Å². The van der Waals surface area contributed by atoms with Gasteiger partial charge in [-0.2, -0.15) is 0 Å². The van der Waals surface area contributed by atoms with Crippen LogP contribution in [0.25, 0.3) is 0 Å². The highest BCUT2D eigenvalue weighted by molar-refractivity contribution is 5.89. The summed E-state index contributed by atoms with van der Waals surface area (Å²) in [4.78, 5) is 35.7. The molecule has 178 valence electrons. The van der Waals surface area contributed by atoms with Gasteiger partial charge in [0.2, 0.25) is 0 Å². The van der Waals surface area contributed by atoms with E-state index in [0.29, 0.717) is 36.3 Å². The SMILES string of the molecule is CN(CC1CCN(C(=O)OC(C)(C)C)CC1)c1cc(Nc2ccc(F)c(C(=O)O)c2)ncn1. The van der Waals surface area contributed by atoms with Crippen molar-refractivity contribution in [1.29, 1.82) is 0 Å². The molecule has 2 heterocycles. The molecular weight excluding hydrogens is 429 g/mol. The van der Waals surface area contributed by atoms with Crippen molar-refractivity contribution in [3.05, 3.63) is 42.0 Å². The summed E-state index contributed by atoms with van der Waals surface area (Å²) in [6.45, 7) is 7.65. The van der Waals surface area contributed by atoms with Crippen LogP contribution in [0.5, 0.6) is 0 Å². The second-order valence-corrected chi connectivity index (χ2v) is 9.18. The maximum atomic E-state index is 13.6. The predicted molar refractivity (Wildman–Crippen MR) is 122 cm³/mol. The molecule has 1 fully saturated rings. The third-order valence-electron chi connectivity index (χ3n) is 5.31. The summed E-state index contributed by atoms with van der Waals surface area (Å²) in [5, 5.41) is 12.1. The number of halogens is 1. The first-order valence-corrected chi connectivity index (χ1v) is 10.8. The van der Waals surface area contributed by atoms with Gasteiger partial charge in [0.1, 0.15) is 29.4 Å². The number of nitrogens with one attached hydrogen (secondary N) is 1. The predicted octanol–water partition coefficient (Wildman–Crippen LogP) is 4.14. The average Bonchev–Trinajstić information content (AvgIpc) is 2.74. The van der Waals surface area contributed by atoms with Crippen LogP contribution in [0, 0.1) is 11.7 Å². The zero-order valence-electron chi connectivity index (χ0n) is 19.3. The van der Waals surface area contributed by atoms with Crippen LogP contribution in [0.3, 0.4) is 0 Å². The Morgan fingerprint density at radius 3 is 2.58 bits per heavy atom. The first-order valence-electron chi connectivity index (χ1n) is 10.8. The van der Waals surface area contributed by atoms with Gasteiger partial charge in [0.25, 0.3) is 0 Å². The maximum absolute atomic E-state index is 13.6. The van der Waals surface area contributed by atoms with Crippen molar-refractivity contribution in [2.75, 3.05) is 36.9 Å². The van der Waals surface area contributed by atoms with E-state index in [1.165, 1.54) is 18.5 Å². The summed E-state index contributed by atoms with van der Waals surface area (Å²) in [7, 11) is 1.94. The summed E-state index contributed by atoms with van der Waals surface area (Å²) < 4.78 is 19.1. The Morgan fingerprint density at radius 2 is 1.94 bits per heavy atom. The van der Waals surface area contributed by atoms with E-state index in [-0.39, 0.29) is 6.09 Å². The van der Waals surface area contributed by atoms with Crippen LogP contribution in [-0.4, -0.2) is 64.3 Å². The highest BCUT2D eigenvalue weighted by atomic mass is 19.1. The Morgan fingerprint density at radius 1 is 1.24 bits per heavy atom. The molecule has 1 saturated heterocycles. The van der Waals surface area contributed by atoms with Crippen LogP contribution in [0.15, 0.2) is 30.6 Å². The molecule has 2 aromatic rings. The van der Waals surface area contributed by atoms with E-state index in [2.05, 4.69) is 15.3 Å². The number of anilines is 3. The van der Waals surface area contributed by atoms with Gasteiger partial charge >= 0.3 is 12.1 Å². The summed E-state index contributed by atoms with van der Waals surface area (Å²) in [6.07, 6.45) is 2.88. The lowest BCUT2D eigenvalue weighted by molar-refractivity contribution is 0.0186. The minimum atomic E-state index is -1.34. The molecule has 0 spiro atoms. The van der Waals surface area contributed by atoms with Crippen molar-refractivity contribution in [2.45, 2.75) is 39.2 Å². The van der Waals surface area contributed by atoms with Gasteiger partial charge in [-0.1, -0.05) is 0 Å². The highest BCUT2D eigenvalue weighted by Crippen LogP contribution is 2.24. The number of carbonyl (C=O) groups excluding carboxylic acids is 1. The van der Waals surface area contributed by atoms with Gasteiger partial charge < -0.3 is 25.0 Å². The topological polar surface area (TPSA) is 108 Å². The summed E-state index contributed by atoms with van der Waals surface area (Å²) in [6, 6.07) is 5.52. The zero-order valence-corrected chi connectivity index (χ0v) is 19.3. The van der Waals surface area contributed by atoms with Gasteiger partial charge in [-0.15, -0.1) is 0 Å². The molecule has 0 bridgehead atoms. The number of likely N-dealkylation sites (tertiary alicyclic amines) is 1. The van der Waals surface area contributed by atoms with Crippen molar-refractivity contribution < 1.29 is 23.8 Å². The number of hydrogen-bond acceptors (Lipinski definition) is 7. The number of nitrogens with zero attached hydrogens (tertiary/aromatic N) is 4. The van der Waals surface area contributed by atoms with E-state index in [1.807, 2.05) is 32.7 Å². The molecule has 0 saturated carbocycles. The first kappa shape index (κ1) is 24.2. The normalized spacial score (nSPS) is 14.6. The molecule has 10 heteroatoms. The molecule has 9 nitrogen and oxygen atoms in total. The lowest BCUT2D eigenvalue weighted by atomic mass is 9.96. The number of rotatable bonds is 6. The number of amides is 1. The number of carboxylic acid groups (broad SMARTS) is 1. The van der Waals surface area contributed by atoms with Crippen LogP contribution in [0.1, 0.15) is 44.0 Å². The van der Waals surface area contributed by atoms with Crippen molar-refractivity contribution >= 4 is 29.4 Å². The fourth-order valence-corrected chi connectivity index (χ4v) is 3.64. The maximum Gasteiger partial charge on any atom is 0.410 e. The Hall–Kier alpha value is -3.43. The van der Waals surface area contributed by atoms with Crippen molar-refractivity contribution in [2.24, 2.45) is 5.92 Å². The van der Waals surface area contributed by atoms with Gasteiger partial charge in [0.15, 0.2) is 0 Å². The number of piperidine rings is 1. The molecule has 1 aliphatic rings. The smallest absolute Gasteiger partial charge is 0.410 e. The third-order valence-corrected chi connectivity index (χ3v) is 5.31. The highest BCUT2D eigenvalue weighted by Gasteiger charge is 2.27. The second-order valence-electron chi connectivity index (χ2n) is 9.18. The number of aromatic carboxylic acids is 1. The number of aromatic nitrogens is 2. The summed E-state index contributed by atoms with van der Waals surface area (Å²) >= 11 is 0. The molecule has 2 N–H and O–H groups in total. The van der Waals surface area contributed by atoms with Crippen molar-refractivity contribution in [1.82, 2.24) is 14.9 Å². The molecule has 0 radical (unpaired) electrons. The number of carbonyl (C=O) groups is 2. The molecular formula is C23H30FN5O4. The fraction of sp³-hybridized carbons (Fsp3) is 0.478. The van der Waals surface area contributed by atoms with Crippen LogP contribution < -0.4 is 10.2 Å². The van der Waals surface area contributed by atoms with Gasteiger partial charge in [0.05, 0.1) is 5.56 Å². The molecule has 33 heavy (non-hydrogen) atoms. The van der Waals surface area contributed by atoms with E-state index in [0.717, 1.165) is 25.5 Å². The largest absolute Gasteiger partial charge is 0.478 e. The lowest BCUT2D eigenvalue weighted by Crippen LogP contribution is -2.43. The van der Waals surface area contributed by atoms with Crippen LogP contribution in [-0.2, 0) is 4.74 Å². The molecule has 1 amide bonds. The summed E-state index contributed by atoms with van der Waals surface area (Å²) in [5.41, 5.74) is -0.504. The van der Waals surface area contributed by atoms with E-state index >= 15 is 0 Å². The number of ether oxygens (including phenoxy) is 1. The average molecular weight is 460 g/mol. The minimum Gasteiger partial charge on any atom is -0.478 e. The van der Waals surface area contributed by atoms with Crippen LogP contribution in [0.4, 0.5) is 26.5 Å². The minimum absolute atomic E-state index is 0.271. The number of hydrogen-bond donors (Lipinski definition) is 2. The van der Waals surface area contributed by atoms with E-state index < -0.39 is 23.0 Å². The van der Waals surface area contributed by atoms with Gasteiger partial charge in [-0.05, 0) is 57.7 Å². The fourth-order valence-electron chi connectivity index (χ4n) is 3.64. The zero-order chi connectivity index (χ0) is 24.2. The van der Waals surface area contributed by atoms with Crippen LogP contribution >= 0.6 is 0 Å². The first-order chi connectivity index (χ1) is 15.5. The van der Waals surface area contributed by atoms with Crippen LogP contribution in [0.2, 0.25) is 0 Å².